The third-order valence-corrected chi connectivity index (χ3v) is 4.69. The number of anilines is 1. The van der Waals surface area contributed by atoms with Crippen molar-refractivity contribution in [2.24, 2.45) is 0 Å². The second-order valence-electron chi connectivity index (χ2n) is 6.39. The van der Waals surface area contributed by atoms with Crippen LogP contribution in [0.25, 0.3) is 5.69 Å². The van der Waals surface area contributed by atoms with Crippen LogP contribution < -0.4 is 24.3 Å². The molecule has 0 radical (unpaired) electrons. The van der Waals surface area contributed by atoms with Crippen molar-refractivity contribution in [1.29, 1.82) is 0 Å². The maximum atomic E-state index is 13.0. The van der Waals surface area contributed by atoms with Crippen LogP contribution in [-0.2, 0) is 9.53 Å². The highest BCUT2D eigenvalue weighted by atomic mass is 16.5. The van der Waals surface area contributed by atoms with E-state index >= 15 is 0 Å². The Morgan fingerprint density at radius 2 is 1.45 bits per heavy atom. The lowest BCUT2D eigenvalue weighted by molar-refractivity contribution is -0.126. The molecule has 9 nitrogen and oxygen atoms in total. The van der Waals surface area contributed by atoms with Gasteiger partial charge in [0.2, 0.25) is 0 Å². The highest BCUT2D eigenvalue weighted by Crippen LogP contribution is 2.32. The van der Waals surface area contributed by atoms with Gasteiger partial charge in [0.25, 0.3) is 5.91 Å². The van der Waals surface area contributed by atoms with Crippen molar-refractivity contribution in [2.75, 3.05) is 40.9 Å². The van der Waals surface area contributed by atoms with E-state index in [-0.39, 0.29) is 5.91 Å². The number of amides is 1. The van der Waals surface area contributed by atoms with Crippen LogP contribution in [0.2, 0.25) is 0 Å². The van der Waals surface area contributed by atoms with Gasteiger partial charge < -0.3 is 29.0 Å². The molecule has 3 rings (SSSR count). The van der Waals surface area contributed by atoms with E-state index in [1.807, 2.05) is 6.07 Å². The van der Waals surface area contributed by atoms with Gasteiger partial charge in [0, 0.05) is 19.2 Å². The van der Waals surface area contributed by atoms with E-state index in [1.165, 1.54) is 14.2 Å². The molecule has 3 aromatic rings. The van der Waals surface area contributed by atoms with Gasteiger partial charge in [-0.1, -0.05) is 6.07 Å². The summed E-state index contributed by atoms with van der Waals surface area (Å²) < 4.78 is 28.2. The molecule has 31 heavy (non-hydrogen) atoms. The van der Waals surface area contributed by atoms with Gasteiger partial charge in [0.05, 0.1) is 40.3 Å². The predicted molar refractivity (Wildman–Crippen MR) is 115 cm³/mol. The highest BCUT2D eigenvalue weighted by Gasteiger charge is 2.23. The molecule has 1 N–H and O–H groups in total. The molecular formula is C22H25N3O6. The first kappa shape index (κ1) is 22.0. The molecule has 0 saturated heterocycles. The van der Waals surface area contributed by atoms with Gasteiger partial charge in [-0.05, 0) is 29.8 Å². The lowest BCUT2D eigenvalue weighted by atomic mass is 10.1. The Kier molecular flexibility index (Phi) is 6.99. The van der Waals surface area contributed by atoms with E-state index in [1.54, 1.807) is 68.6 Å². The number of rotatable bonds is 9. The number of hydrogen-bond donors (Lipinski definition) is 1. The van der Waals surface area contributed by atoms with Crippen molar-refractivity contribution >= 4 is 11.7 Å². The van der Waals surface area contributed by atoms with Gasteiger partial charge >= 0.3 is 0 Å². The average molecular weight is 427 g/mol. The average Bonchev–Trinajstić information content (AvgIpc) is 3.26. The summed E-state index contributed by atoms with van der Waals surface area (Å²) >= 11 is 0. The third-order valence-electron chi connectivity index (χ3n) is 4.69. The summed E-state index contributed by atoms with van der Waals surface area (Å²) in [6.07, 6.45) is 0.721. The Morgan fingerprint density at radius 3 is 2.06 bits per heavy atom. The quantitative estimate of drug-likeness (QED) is 0.560. The number of aromatic nitrogens is 2. The molecule has 9 heteroatoms. The Hall–Kier alpha value is -3.72. The van der Waals surface area contributed by atoms with Gasteiger partial charge in [-0.15, -0.1) is 0 Å². The summed E-state index contributed by atoms with van der Waals surface area (Å²) in [7, 11) is 7.67. The van der Waals surface area contributed by atoms with Crippen LogP contribution in [0.1, 0.15) is 11.7 Å². The second kappa shape index (κ2) is 9.86. The molecule has 0 spiro atoms. The maximum Gasteiger partial charge on any atom is 0.259 e. The molecule has 0 saturated carbocycles. The summed E-state index contributed by atoms with van der Waals surface area (Å²) in [5, 5.41) is 7.17. The van der Waals surface area contributed by atoms with Gasteiger partial charge in [-0.3, -0.25) is 4.79 Å². The minimum atomic E-state index is -0.867. The highest BCUT2D eigenvalue weighted by molar-refractivity contribution is 5.94. The summed E-state index contributed by atoms with van der Waals surface area (Å²) in [6, 6.07) is 12.2. The van der Waals surface area contributed by atoms with E-state index in [2.05, 4.69) is 10.4 Å². The Bertz CT molecular complexity index is 1050. The molecule has 1 heterocycles. The zero-order chi connectivity index (χ0) is 22.4. The van der Waals surface area contributed by atoms with Crippen LogP contribution >= 0.6 is 0 Å². The van der Waals surface area contributed by atoms with E-state index in [0.29, 0.717) is 40.1 Å². The van der Waals surface area contributed by atoms with E-state index in [4.69, 9.17) is 23.7 Å². The molecule has 0 aliphatic rings. The van der Waals surface area contributed by atoms with Crippen LogP contribution in [0, 0.1) is 0 Å². The zero-order valence-electron chi connectivity index (χ0n) is 18.0. The van der Waals surface area contributed by atoms with Gasteiger partial charge in [0.1, 0.15) is 5.82 Å². The summed E-state index contributed by atoms with van der Waals surface area (Å²) in [5.41, 5.74) is 1.31. The van der Waals surface area contributed by atoms with Gasteiger partial charge in [-0.25, -0.2) is 4.68 Å². The fourth-order valence-electron chi connectivity index (χ4n) is 3.16. The molecule has 1 amide bonds. The third kappa shape index (κ3) is 4.56. The normalized spacial score (nSPS) is 11.5. The molecule has 164 valence electrons. The summed E-state index contributed by atoms with van der Waals surface area (Å²) in [5.74, 6) is 2.32. The zero-order valence-corrected chi connectivity index (χ0v) is 18.0. The summed E-state index contributed by atoms with van der Waals surface area (Å²) in [4.78, 5) is 13.0. The van der Waals surface area contributed by atoms with Crippen LogP contribution in [0.4, 0.5) is 5.82 Å². The SMILES string of the molecule is COc1ccc(C(OC)C(=O)Nc2ccnn2-c2ccc(OC)c(OC)c2)cc1OC. The van der Waals surface area contributed by atoms with E-state index in [0.717, 1.165) is 0 Å². The van der Waals surface area contributed by atoms with Gasteiger partial charge in [-0.2, -0.15) is 5.10 Å². The van der Waals surface area contributed by atoms with Crippen LogP contribution in [-0.4, -0.2) is 51.2 Å². The number of ether oxygens (including phenoxy) is 5. The maximum absolute atomic E-state index is 13.0. The number of hydrogen-bond acceptors (Lipinski definition) is 7. The predicted octanol–water partition coefficient (Wildman–Crippen LogP) is 3.23. The monoisotopic (exact) mass is 427 g/mol. The van der Waals surface area contributed by atoms with Crippen molar-refractivity contribution in [3.05, 3.63) is 54.2 Å². The van der Waals surface area contributed by atoms with Crippen molar-refractivity contribution in [2.45, 2.75) is 6.10 Å². The molecule has 0 bridgehead atoms. The second-order valence-corrected chi connectivity index (χ2v) is 6.39. The van der Waals surface area contributed by atoms with Crippen LogP contribution in [0.15, 0.2) is 48.7 Å². The van der Waals surface area contributed by atoms with E-state index in [9.17, 15) is 4.79 Å². The van der Waals surface area contributed by atoms with Crippen LogP contribution in [0.5, 0.6) is 23.0 Å². The number of methoxy groups -OCH3 is 5. The number of nitrogens with one attached hydrogen (secondary N) is 1. The molecule has 2 aromatic carbocycles. The summed E-state index contributed by atoms with van der Waals surface area (Å²) in [6.45, 7) is 0. The number of carbonyl (C=O) groups is 1. The molecule has 0 fully saturated rings. The van der Waals surface area contributed by atoms with Crippen LogP contribution in [0.3, 0.4) is 0 Å². The van der Waals surface area contributed by atoms with E-state index < -0.39 is 6.10 Å². The molecule has 1 unspecified atom stereocenters. The minimum absolute atomic E-state index is 0.364. The number of benzene rings is 2. The Morgan fingerprint density at radius 1 is 0.839 bits per heavy atom. The molecule has 1 atom stereocenters. The largest absolute Gasteiger partial charge is 0.493 e. The molecule has 1 aromatic heterocycles. The van der Waals surface area contributed by atoms with Crippen molar-refractivity contribution < 1.29 is 28.5 Å². The lowest BCUT2D eigenvalue weighted by Crippen LogP contribution is -2.24. The standard InChI is InChI=1S/C22H25N3O6/c1-27-16-8-6-14(12-18(16)29-3)21(31-5)22(26)24-20-10-11-23-25(20)15-7-9-17(28-2)19(13-15)30-4/h6-13,21H,1-5H3,(H,24,26). The Balaban J connectivity index is 1.87. The first-order chi connectivity index (χ1) is 15.1. The minimum Gasteiger partial charge on any atom is -0.493 e. The number of nitrogens with zero attached hydrogens (tertiary/aromatic N) is 2. The Labute approximate surface area is 180 Å². The first-order valence-corrected chi connectivity index (χ1v) is 9.38. The van der Waals surface area contributed by atoms with Gasteiger partial charge in [0.15, 0.2) is 29.1 Å². The van der Waals surface area contributed by atoms with Crippen molar-refractivity contribution in [1.82, 2.24) is 9.78 Å². The topological polar surface area (TPSA) is 93.1 Å². The fraction of sp³-hybridized carbons (Fsp3) is 0.273. The molecule has 0 aliphatic heterocycles. The number of carbonyl (C=O) groups excluding carboxylic acids is 1. The smallest absolute Gasteiger partial charge is 0.259 e. The van der Waals surface area contributed by atoms with Crippen molar-refractivity contribution in [3.63, 3.8) is 0 Å². The lowest BCUT2D eigenvalue weighted by Gasteiger charge is -2.18. The molecule has 0 aliphatic carbocycles. The fourth-order valence-corrected chi connectivity index (χ4v) is 3.16. The van der Waals surface area contributed by atoms with Crippen molar-refractivity contribution in [3.8, 4) is 28.7 Å². The first-order valence-electron chi connectivity index (χ1n) is 9.38. The molecular weight excluding hydrogens is 402 g/mol.